The van der Waals surface area contributed by atoms with Crippen molar-refractivity contribution < 1.29 is 5.11 Å². The Hall–Kier alpha value is -0.890. The van der Waals surface area contributed by atoms with Crippen LogP contribution in [0.3, 0.4) is 0 Å². The van der Waals surface area contributed by atoms with Gasteiger partial charge in [-0.2, -0.15) is 0 Å². The highest BCUT2D eigenvalue weighted by atomic mass is 32.1. The molecule has 0 aliphatic carbocycles. The minimum absolute atomic E-state index is 0.229. The zero-order valence-corrected chi connectivity index (χ0v) is 7.01. The molecule has 1 nitrogen and oxygen atoms in total. The molecule has 0 heterocycles. The average Bonchev–Trinajstić information content (AvgIpc) is 1.99. The number of allylic oxidation sites excluding steroid dienone is 1. The van der Waals surface area contributed by atoms with E-state index in [0.29, 0.717) is 4.90 Å². The molecule has 0 saturated heterocycles. The number of thiol groups is 1. The molecule has 0 spiro atoms. The molecular formula is C9H10OS. The van der Waals surface area contributed by atoms with Crippen LogP contribution in [-0.4, -0.2) is 5.11 Å². The molecule has 58 valence electrons. The van der Waals surface area contributed by atoms with Crippen molar-refractivity contribution in [1.29, 1.82) is 0 Å². The third-order valence-corrected chi connectivity index (χ3v) is 1.98. The van der Waals surface area contributed by atoms with Crippen LogP contribution in [-0.2, 0) is 6.42 Å². The lowest BCUT2D eigenvalue weighted by atomic mass is 10.1. The van der Waals surface area contributed by atoms with Crippen molar-refractivity contribution in [3.63, 3.8) is 0 Å². The van der Waals surface area contributed by atoms with Crippen LogP contribution in [0.2, 0.25) is 0 Å². The second kappa shape index (κ2) is 3.49. The van der Waals surface area contributed by atoms with E-state index in [0.717, 1.165) is 12.0 Å². The van der Waals surface area contributed by atoms with Crippen LogP contribution in [0.4, 0.5) is 0 Å². The van der Waals surface area contributed by atoms with Crippen molar-refractivity contribution in [2.45, 2.75) is 11.3 Å². The van der Waals surface area contributed by atoms with Crippen LogP contribution in [0.25, 0.3) is 0 Å². The van der Waals surface area contributed by atoms with Gasteiger partial charge in [-0.3, -0.25) is 0 Å². The first-order chi connectivity index (χ1) is 5.25. The predicted molar refractivity (Wildman–Crippen MR) is 49.3 cm³/mol. The maximum atomic E-state index is 9.22. The van der Waals surface area contributed by atoms with Crippen LogP contribution < -0.4 is 0 Å². The Labute approximate surface area is 71.8 Å². The van der Waals surface area contributed by atoms with Crippen molar-refractivity contribution in [1.82, 2.24) is 0 Å². The van der Waals surface area contributed by atoms with Gasteiger partial charge in [0.1, 0.15) is 5.75 Å². The molecule has 1 N–H and O–H groups in total. The summed E-state index contributed by atoms with van der Waals surface area (Å²) < 4.78 is 0. The van der Waals surface area contributed by atoms with Crippen LogP contribution in [0.15, 0.2) is 35.7 Å². The van der Waals surface area contributed by atoms with Gasteiger partial charge in [0.2, 0.25) is 0 Å². The smallest absolute Gasteiger partial charge is 0.129 e. The van der Waals surface area contributed by atoms with Crippen molar-refractivity contribution in [3.8, 4) is 5.75 Å². The SMILES string of the molecule is C=CCc1cccc(O)c1S. The summed E-state index contributed by atoms with van der Waals surface area (Å²) in [4.78, 5) is 0.646. The molecule has 0 bridgehead atoms. The molecular weight excluding hydrogens is 156 g/mol. The van der Waals surface area contributed by atoms with Gasteiger partial charge in [-0.05, 0) is 18.1 Å². The molecule has 0 unspecified atom stereocenters. The Balaban J connectivity index is 3.05. The van der Waals surface area contributed by atoms with E-state index in [9.17, 15) is 5.11 Å². The molecule has 11 heavy (non-hydrogen) atoms. The first kappa shape index (κ1) is 8.21. The van der Waals surface area contributed by atoms with E-state index in [-0.39, 0.29) is 5.75 Å². The van der Waals surface area contributed by atoms with E-state index in [4.69, 9.17) is 0 Å². The van der Waals surface area contributed by atoms with E-state index in [1.807, 2.05) is 6.07 Å². The molecule has 2 heteroatoms. The molecule has 0 saturated carbocycles. The summed E-state index contributed by atoms with van der Waals surface area (Å²) in [5.74, 6) is 0.229. The van der Waals surface area contributed by atoms with E-state index >= 15 is 0 Å². The summed E-state index contributed by atoms with van der Waals surface area (Å²) in [7, 11) is 0. The van der Waals surface area contributed by atoms with Gasteiger partial charge in [-0.25, -0.2) is 0 Å². The maximum Gasteiger partial charge on any atom is 0.129 e. The van der Waals surface area contributed by atoms with Gasteiger partial charge in [-0.1, -0.05) is 18.2 Å². The molecule has 0 radical (unpaired) electrons. The largest absolute Gasteiger partial charge is 0.507 e. The van der Waals surface area contributed by atoms with Crippen LogP contribution in [0, 0.1) is 0 Å². The summed E-state index contributed by atoms with van der Waals surface area (Å²) >= 11 is 4.15. The lowest BCUT2D eigenvalue weighted by Crippen LogP contribution is -1.82. The first-order valence-corrected chi connectivity index (χ1v) is 3.81. The lowest BCUT2D eigenvalue weighted by molar-refractivity contribution is 0.461. The summed E-state index contributed by atoms with van der Waals surface area (Å²) in [5, 5.41) is 9.22. The summed E-state index contributed by atoms with van der Waals surface area (Å²) in [5.41, 5.74) is 1.00. The topological polar surface area (TPSA) is 20.2 Å². The van der Waals surface area contributed by atoms with Gasteiger partial charge in [-0.15, -0.1) is 19.2 Å². The van der Waals surface area contributed by atoms with Crippen LogP contribution in [0.5, 0.6) is 5.75 Å². The zero-order valence-electron chi connectivity index (χ0n) is 6.12. The standard InChI is InChI=1S/C9H10OS/c1-2-4-7-5-3-6-8(10)9(7)11/h2-3,5-6,10-11H,1,4H2. The number of phenolic OH excluding ortho intramolecular Hbond substituents is 1. The number of benzene rings is 1. The van der Waals surface area contributed by atoms with Gasteiger partial charge in [0, 0.05) is 4.90 Å². The minimum Gasteiger partial charge on any atom is -0.507 e. The van der Waals surface area contributed by atoms with Gasteiger partial charge in [0.05, 0.1) is 0 Å². The van der Waals surface area contributed by atoms with E-state index in [2.05, 4.69) is 19.2 Å². The number of hydrogen-bond acceptors (Lipinski definition) is 2. The number of aromatic hydroxyl groups is 1. The van der Waals surface area contributed by atoms with Crippen LogP contribution in [0.1, 0.15) is 5.56 Å². The van der Waals surface area contributed by atoms with E-state index in [1.165, 1.54) is 0 Å². The fourth-order valence-electron chi connectivity index (χ4n) is 0.898. The van der Waals surface area contributed by atoms with Gasteiger partial charge < -0.3 is 5.11 Å². The second-order valence-corrected chi connectivity index (χ2v) is 2.72. The van der Waals surface area contributed by atoms with Gasteiger partial charge in [0.15, 0.2) is 0 Å². The number of hydrogen-bond donors (Lipinski definition) is 2. The van der Waals surface area contributed by atoms with Crippen molar-refractivity contribution in [3.05, 3.63) is 36.4 Å². The summed E-state index contributed by atoms with van der Waals surface area (Å²) in [6, 6.07) is 5.34. The summed E-state index contributed by atoms with van der Waals surface area (Å²) in [6.07, 6.45) is 2.53. The molecule has 0 aliphatic rings. The van der Waals surface area contributed by atoms with Gasteiger partial charge >= 0.3 is 0 Å². The fraction of sp³-hybridized carbons (Fsp3) is 0.111. The maximum absolute atomic E-state index is 9.22. The van der Waals surface area contributed by atoms with Crippen molar-refractivity contribution in [2.24, 2.45) is 0 Å². The van der Waals surface area contributed by atoms with E-state index in [1.54, 1.807) is 18.2 Å². The molecule has 0 atom stereocenters. The summed E-state index contributed by atoms with van der Waals surface area (Å²) in [6.45, 7) is 3.61. The van der Waals surface area contributed by atoms with Crippen molar-refractivity contribution in [2.75, 3.05) is 0 Å². The third-order valence-electron chi connectivity index (χ3n) is 1.46. The quantitative estimate of drug-likeness (QED) is 0.510. The zero-order chi connectivity index (χ0) is 8.27. The van der Waals surface area contributed by atoms with Gasteiger partial charge in [0.25, 0.3) is 0 Å². The Kier molecular flexibility index (Phi) is 2.60. The highest BCUT2D eigenvalue weighted by molar-refractivity contribution is 7.80. The molecule has 0 amide bonds. The van der Waals surface area contributed by atoms with Crippen molar-refractivity contribution >= 4 is 12.6 Å². The molecule has 0 aliphatic heterocycles. The molecule has 1 aromatic carbocycles. The molecule has 0 fully saturated rings. The Morgan fingerprint density at radius 3 is 2.91 bits per heavy atom. The third kappa shape index (κ3) is 1.77. The molecule has 1 rings (SSSR count). The average molecular weight is 166 g/mol. The highest BCUT2D eigenvalue weighted by Crippen LogP contribution is 2.24. The monoisotopic (exact) mass is 166 g/mol. The van der Waals surface area contributed by atoms with Crippen LogP contribution >= 0.6 is 12.6 Å². The Bertz CT molecular complexity index is 268. The predicted octanol–water partition coefficient (Wildman–Crippen LogP) is 2.41. The molecule has 0 aromatic heterocycles. The fourth-order valence-corrected chi connectivity index (χ4v) is 1.14. The second-order valence-electron chi connectivity index (χ2n) is 2.28. The molecule has 1 aromatic rings. The number of rotatable bonds is 2. The number of phenols is 1. The highest BCUT2D eigenvalue weighted by Gasteiger charge is 2.00. The Morgan fingerprint density at radius 2 is 2.27 bits per heavy atom. The normalized spacial score (nSPS) is 9.55. The lowest BCUT2D eigenvalue weighted by Gasteiger charge is -2.02. The first-order valence-electron chi connectivity index (χ1n) is 3.36. The van der Waals surface area contributed by atoms with E-state index < -0.39 is 0 Å². The Morgan fingerprint density at radius 1 is 1.55 bits per heavy atom. The minimum atomic E-state index is 0.229.